The van der Waals surface area contributed by atoms with Crippen LogP contribution >= 0.6 is 0 Å². The van der Waals surface area contributed by atoms with Crippen molar-refractivity contribution in [3.8, 4) is 0 Å². The Balaban J connectivity index is 4.41. The van der Waals surface area contributed by atoms with Crippen molar-refractivity contribution in [2.45, 2.75) is 46.1 Å². The number of carbonyl (C=O) groups is 2. The van der Waals surface area contributed by atoms with Crippen molar-refractivity contribution >= 4 is 12.0 Å². The molecule has 6 nitrogen and oxygen atoms in total. The molecule has 0 saturated heterocycles. The molecule has 0 radical (unpaired) electrons. The molecule has 0 aromatic carbocycles. The Morgan fingerprint density at radius 1 is 1.16 bits per heavy atom. The number of amides is 2. The van der Waals surface area contributed by atoms with Crippen LogP contribution in [-0.2, 0) is 14.4 Å². The van der Waals surface area contributed by atoms with Crippen LogP contribution in [0.15, 0.2) is 0 Å². The second-order valence-electron chi connectivity index (χ2n) is 5.29. The van der Waals surface area contributed by atoms with Gasteiger partial charge >= 0.3 is 6.09 Å². The van der Waals surface area contributed by atoms with E-state index in [0.29, 0.717) is 13.1 Å². The topological polar surface area (TPSA) is 59.1 Å². The van der Waals surface area contributed by atoms with Crippen molar-refractivity contribution in [2.75, 3.05) is 27.2 Å². The van der Waals surface area contributed by atoms with E-state index in [1.807, 2.05) is 27.7 Å². The van der Waals surface area contributed by atoms with Gasteiger partial charge in [-0.05, 0) is 27.2 Å². The molecule has 0 atom stereocenters. The highest BCUT2D eigenvalue weighted by Gasteiger charge is 2.22. The Morgan fingerprint density at radius 3 is 2.16 bits per heavy atom. The van der Waals surface area contributed by atoms with Gasteiger partial charge in [0.15, 0.2) is 0 Å². The van der Waals surface area contributed by atoms with Gasteiger partial charge in [-0.2, -0.15) is 0 Å². The number of nitrogens with zero attached hydrogens (tertiary/aromatic N) is 2. The average Bonchev–Trinajstić information content (AvgIpc) is 2.30. The van der Waals surface area contributed by atoms with Crippen LogP contribution in [0.1, 0.15) is 40.5 Å². The fourth-order valence-electron chi connectivity index (χ4n) is 1.38. The first-order valence-electron chi connectivity index (χ1n) is 6.49. The molecule has 0 N–H and O–H groups in total. The van der Waals surface area contributed by atoms with Gasteiger partial charge in [-0.1, -0.05) is 6.92 Å². The highest BCUT2D eigenvalue weighted by atomic mass is 16.7. The zero-order valence-corrected chi connectivity index (χ0v) is 12.9. The van der Waals surface area contributed by atoms with Gasteiger partial charge in [0, 0.05) is 26.6 Å². The van der Waals surface area contributed by atoms with E-state index in [0.717, 1.165) is 11.5 Å². The molecule has 0 aromatic rings. The van der Waals surface area contributed by atoms with E-state index < -0.39 is 5.60 Å². The second kappa shape index (κ2) is 7.99. The molecule has 112 valence electrons. The fraction of sp³-hybridized carbons (Fsp3) is 0.846. The molecule has 0 aliphatic carbocycles. The molecule has 0 heterocycles. The van der Waals surface area contributed by atoms with Crippen molar-refractivity contribution in [2.24, 2.45) is 0 Å². The Hall–Kier alpha value is -1.30. The Labute approximate surface area is 115 Å². The van der Waals surface area contributed by atoms with Crippen molar-refractivity contribution in [3.05, 3.63) is 0 Å². The van der Waals surface area contributed by atoms with E-state index >= 15 is 0 Å². The van der Waals surface area contributed by atoms with E-state index in [-0.39, 0.29) is 18.4 Å². The molecule has 19 heavy (non-hydrogen) atoms. The predicted octanol–water partition coefficient (Wildman–Crippen LogP) is 2.04. The lowest BCUT2D eigenvalue weighted by molar-refractivity contribution is -0.168. The average molecular weight is 274 g/mol. The fourth-order valence-corrected chi connectivity index (χ4v) is 1.38. The summed E-state index contributed by atoms with van der Waals surface area (Å²) in [5.74, 6) is -0.174. The Morgan fingerprint density at radius 2 is 1.74 bits per heavy atom. The highest BCUT2D eigenvalue weighted by molar-refractivity contribution is 5.76. The highest BCUT2D eigenvalue weighted by Crippen LogP contribution is 2.10. The van der Waals surface area contributed by atoms with E-state index in [1.165, 1.54) is 7.11 Å². The number of carbonyl (C=O) groups excluding carboxylic acids is 2. The normalized spacial score (nSPS) is 11.1. The summed E-state index contributed by atoms with van der Waals surface area (Å²) in [6, 6.07) is 0. The van der Waals surface area contributed by atoms with Crippen LogP contribution in [0.25, 0.3) is 0 Å². The first kappa shape index (κ1) is 17.7. The molecule has 2 amide bonds. The Bertz CT molecular complexity index is 300. The quantitative estimate of drug-likeness (QED) is 0.695. The summed E-state index contributed by atoms with van der Waals surface area (Å²) in [4.78, 5) is 29.9. The van der Waals surface area contributed by atoms with Gasteiger partial charge < -0.3 is 9.64 Å². The maximum atomic E-state index is 11.9. The standard InChI is InChI=1S/C13H26N2O4/c1-7-9-15(12(17)19-13(2,3)4)10-8-11(16)14(5)18-6/h7-10H2,1-6H3. The summed E-state index contributed by atoms with van der Waals surface area (Å²) in [5, 5.41) is 1.15. The first-order chi connectivity index (χ1) is 8.71. The zero-order chi connectivity index (χ0) is 15.1. The van der Waals surface area contributed by atoms with Crippen LogP contribution in [0.4, 0.5) is 4.79 Å². The molecular formula is C13H26N2O4. The third kappa shape index (κ3) is 7.66. The molecule has 0 unspecified atom stereocenters. The van der Waals surface area contributed by atoms with Gasteiger partial charge in [0.25, 0.3) is 0 Å². The molecule has 0 bridgehead atoms. The molecule has 0 rings (SSSR count). The van der Waals surface area contributed by atoms with E-state index in [9.17, 15) is 9.59 Å². The molecular weight excluding hydrogens is 248 g/mol. The number of hydrogen-bond donors (Lipinski definition) is 0. The maximum absolute atomic E-state index is 11.9. The maximum Gasteiger partial charge on any atom is 0.410 e. The van der Waals surface area contributed by atoms with E-state index in [2.05, 4.69) is 0 Å². The van der Waals surface area contributed by atoms with Crippen molar-refractivity contribution in [1.29, 1.82) is 0 Å². The number of hydroxylamine groups is 2. The number of hydrogen-bond acceptors (Lipinski definition) is 4. The van der Waals surface area contributed by atoms with E-state index in [1.54, 1.807) is 11.9 Å². The van der Waals surface area contributed by atoms with Crippen molar-refractivity contribution in [3.63, 3.8) is 0 Å². The molecule has 0 fully saturated rings. The molecule has 6 heteroatoms. The minimum absolute atomic E-state index is 0.174. The second-order valence-corrected chi connectivity index (χ2v) is 5.29. The lowest BCUT2D eigenvalue weighted by Crippen LogP contribution is -2.39. The summed E-state index contributed by atoms with van der Waals surface area (Å²) < 4.78 is 5.30. The molecule has 0 aromatic heterocycles. The van der Waals surface area contributed by atoms with Crippen molar-refractivity contribution < 1.29 is 19.2 Å². The minimum atomic E-state index is -0.531. The summed E-state index contributed by atoms with van der Waals surface area (Å²) >= 11 is 0. The molecule has 0 saturated carbocycles. The van der Waals surface area contributed by atoms with Gasteiger partial charge in [0.2, 0.25) is 5.91 Å². The van der Waals surface area contributed by atoms with E-state index in [4.69, 9.17) is 9.57 Å². The van der Waals surface area contributed by atoms with Gasteiger partial charge in [-0.3, -0.25) is 9.63 Å². The van der Waals surface area contributed by atoms with Crippen molar-refractivity contribution in [1.82, 2.24) is 9.96 Å². The zero-order valence-electron chi connectivity index (χ0n) is 12.9. The van der Waals surface area contributed by atoms with Gasteiger partial charge in [-0.25, -0.2) is 9.86 Å². The largest absolute Gasteiger partial charge is 0.444 e. The SMILES string of the molecule is CCCN(CCC(=O)N(C)OC)C(=O)OC(C)(C)C. The van der Waals surface area contributed by atoms with Crippen LogP contribution in [0.5, 0.6) is 0 Å². The third-order valence-corrected chi connectivity index (χ3v) is 2.37. The third-order valence-electron chi connectivity index (χ3n) is 2.37. The summed E-state index contributed by atoms with van der Waals surface area (Å²) in [5.41, 5.74) is -0.531. The van der Waals surface area contributed by atoms with Crippen LogP contribution in [0.3, 0.4) is 0 Å². The smallest absolute Gasteiger partial charge is 0.410 e. The molecule has 0 aliphatic heterocycles. The summed E-state index contributed by atoms with van der Waals surface area (Å²) in [6.45, 7) is 8.32. The first-order valence-corrected chi connectivity index (χ1v) is 6.49. The lowest BCUT2D eigenvalue weighted by atomic mass is 10.2. The van der Waals surface area contributed by atoms with Gasteiger partial charge in [0.1, 0.15) is 5.60 Å². The van der Waals surface area contributed by atoms with Crippen LogP contribution in [0.2, 0.25) is 0 Å². The lowest BCUT2D eigenvalue weighted by Gasteiger charge is -2.27. The minimum Gasteiger partial charge on any atom is -0.444 e. The summed E-state index contributed by atoms with van der Waals surface area (Å²) in [7, 11) is 2.97. The number of ether oxygens (including phenoxy) is 1. The molecule has 0 aliphatic rings. The Kier molecular flexibility index (Phi) is 7.44. The summed E-state index contributed by atoms with van der Waals surface area (Å²) in [6.07, 6.45) is 0.638. The number of rotatable bonds is 6. The van der Waals surface area contributed by atoms with Crippen LogP contribution in [-0.4, -0.2) is 54.8 Å². The van der Waals surface area contributed by atoms with Gasteiger partial charge in [0.05, 0.1) is 7.11 Å². The molecule has 0 spiro atoms. The van der Waals surface area contributed by atoms with Gasteiger partial charge in [-0.15, -0.1) is 0 Å². The van der Waals surface area contributed by atoms with Crippen LogP contribution in [0, 0.1) is 0 Å². The monoisotopic (exact) mass is 274 g/mol. The predicted molar refractivity (Wildman–Crippen MR) is 72.5 cm³/mol. The van der Waals surface area contributed by atoms with Crippen LogP contribution < -0.4 is 0 Å².